The standard InChI is InChI=1S/C16H17ClN2O2/c1-19(14-5-3-2-4-6-14)16(20)18-11-12-21-15-9-7-13(17)8-10-15/h2-10H,11-12H2,1H3,(H,18,20). The quantitative estimate of drug-likeness (QED) is 0.858. The van der Waals surface area contributed by atoms with Crippen molar-refractivity contribution in [2.45, 2.75) is 0 Å². The summed E-state index contributed by atoms with van der Waals surface area (Å²) < 4.78 is 5.50. The number of urea groups is 1. The number of anilines is 1. The lowest BCUT2D eigenvalue weighted by Crippen LogP contribution is -2.39. The Hall–Kier alpha value is -2.20. The van der Waals surface area contributed by atoms with Crippen molar-refractivity contribution in [1.29, 1.82) is 0 Å². The molecule has 2 aromatic rings. The van der Waals surface area contributed by atoms with Gasteiger partial charge in [-0.3, -0.25) is 4.90 Å². The van der Waals surface area contributed by atoms with Crippen LogP contribution in [0.1, 0.15) is 0 Å². The molecule has 21 heavy (non-hydrogen) atoms. The van der Waals surface area contributed by atoms with Crippen LogP contribution in [0.4, 0.5) is 10.5 Å². The van der Waals surface area contributed by atoms with E-state index < -0.39 is 0 Å². The Morgan fingerprint density at radius 3 is 2.48 bits per heavy atom. The zero-order valence-electron chi connectivity index (χ0n) is 11.8. The molecule has 1 N–H and O–H groups in total. The lowest BCUT2D eigenvalue weighted by Gasteiger charge is -2.18. The highest BCUT2D eigenvalue weighted by molar-refractivity contribution is 6.30. The van der Waals surface area contributed by atoms with E-state index in [1.807, 2.05) is 30.3 Å². The number of hydrogen-bond acceptors (Lipinski definition) is 2. The first-order valence-corrected chi connectivity index (χ1v) is 6.99. The average Bonchev–Trinajstić information content (AvgIpc) is 2.53. The van der Waals surface area contributed by atoms with E-state index >= 15 is 0 Å². The van der Waals surface area contributed by atoms with Gasteiger partial charge in [-0.05, 0) is 36.4 Å². The molecule has 0 spiro atoms. The van der Waals surface area contributed by atoms with Gasteiger partial charge in [0.15, 0.2) is 0 Å². The normalized spacial score (nSPS) is 10.0. The molecular weight excluding hydrogens is 288 g/mol. The third-order valence-electron chi connectivity index (χ3n) is 2.91. The van der Waals surface area contributed by atoms with Gasteiger partial charge in [0.25, 0.3) is 0 Å². The van der Waals surface area contributed by atoms with E-state index in [9.17, 15) is 4.79 Å². The van der Waals surface area contributed by atoms with Gasteiger partial charge in [-0.15, -0.1) is 0 Å². The van der Waals surface area contributed by atoms with Gasteiger partial charge in [0.2, 0.25) is 0 Å². The maximum absolute atomic E-state index is 11.9. The Morgan fingerprint density at radius 2 is 1.81 bits per heavy atom. The molecule has 0 radical (unpaired) electrons. The number of rotatable bonds is 5. The van der Waals surface area contributed by atoms with E-state index in [2.05, 4.69) is 5.32 Å². The second-order valence-electron chi connectivity index (χ2n) is 4.43. The van der Waals surface area contributed by atoms with Crippen LogP contribution in [0.2, 0.25) is 5.02 Å². The molecule has 0 unspecified atom stereocenters. The van der Waals surface area contributed by atoms with E-state index in [-0.39, 0.29) is 6.03 Å². The predicted octanol–water partition coefficient (Wildman–Crippen LogP) is 3.56. The molecule has 5 heteroatoms. The minimum absolute atomic E-state index is 0.166. The van der Waals surface area contributed by atoms with Gasteiger partial charge >= 0.3 is 6.03 Å². The molecule has 110 valence electrons. The predicted molar refractivity (Wildman–Crippen MR) is 85.2 cm³/mol. The number of nitrogens with zero attached hydrogens (tertiary/aromatic N) is 1. The van der Waals surface area contributed by atoms with Crippen LogP contribution >= 0.6 is 11.6 Å². The summed E-state index contributed by atoms with van der Waals surface area (Å²) in [7, 11) is 1.73. The van der Waals surface area contributed by atoms with Crippen molar-refractivity contribution in [2.24, 2.45) is 0 Å². The molecule has 0 fully saturated rings. The Bertz CT molecular complexity index is 573. The largest absolute Gasteiger partial charge is 0.492 e. The van der Waals surface area contributed by atoms with Crippen molar-refractivity contribution in [3.63, 3.8) is 0 Å². The Labute approximate surface area is 129 Å². The minimum atomic E-state index is -0.166. The highest BCUT2D eigenvalue weighted by Crippen LogP contribution is 2.15. The number of ether oxygens (including phenoxy) is 1. The van der Waals surface area contributed by atoms with Gasteiger partial charge in [-0.25, -0.2) is 4.79 Å². The molecular formula is C16H17ClN2O2. The second-order valence-corrected chi connectivity index (χ2v) is 4.87. The summed E-state index contributed by atoms with van der Waals surface area (Å²) in [6.07, 6.45) is 0. The third-order valence-corrected chi connectivity index (χ3v) is 3.16. The van der Waals surface area contributed by atoms with Crippen LogP contribution in [0.25, 0.3) is 0 Å². The van der Waals surface area contributed by atoms with Crippen molar-refractivity contribution in [3.05, 3.63) is 59.6 Å². The summed E-state index contributed by atoms with van der Waals surface area (Å²) in [5.41, 5.74) is 0.841. The smallest absolute Gasteiger partial charge is 0.321 e. The SMILES string of the molecule is CN(C(=O)NCCOc1ccc(Cl)cc1)c1ccccc1. The van der Waals surface area contributed by atoms with Gasteiger partial charge in [0, 0.05) is 17.8 Å². The first kappa shape index (κ1) is 15.2. The number of benzene rings is 2. The third kappa shape index (κ3) is 4.68. The molecule has 0 aliphatic carbocycles. The van der Waals surface area contributed by atoms with Crippen molar-refractivity contribution >= 4 is 23.3 Å². The number of nitrogens with one attached hydrogen (secondary N) is 1. The van der Waals surface area contributed by atoms with Crippen LogP contribution in [0.15, 0.2) is 54.6 Å². The number of carbonyl (C=O) groups is 1. The summed E-state index contributed by atoms with van der Waals surface area (Å²) in [4.78, 5) is 13.5. The molecule has 0 aliphatic heterocycles. The number of halogens is 1. The molecule has 2 amide bonds. The van der Waals surface area contributed by atoms with Crippen molar-refractivity contribution in [3.8, 4) is 5.75 Å². The fourth-order valence-electron chi connectivity index (χ4n) is 1.75. The fraction of sp³-hybridized carbons (Fsp3) is 0.188. The number of para-hydroxylation sites is 1. The van der Waals surface area contributed by atoms with Crippen LogP contribution < -0.4 is 15.0 Å². The summed E-state index contributed by atoms with van der Waals surface area (Å²) in [6, 6.07) is 16.4. The maximum Gasteiger partial charge on any atom is 0.321 e. The van der Waals surface area contributed by atoms with E-state index in [0.717, 1.165) is 11.4 Å². The molecule has 0 heterocycles. The molecule has 0 saturated heterocycles. The zero-order valence-corrected chi connectivity index (χ0v) is 12.5. The molecule has 0 bridgehead atoms. The molecule has 2 rings (SSSR count). The Morgan fingerprint density at radius 1 is 1.14 bits per heavy atom. The van der Waals surface area contributed by atoms with E-state index in [1.54, 1.807) is 36.2 Å². The average molecular weight is 305 g/mol. The van der Waals surface area contributed by atoms with Crippen molar-refractivity contribution in [1.82, 2.24) is 5.32 Å². The second kappa shape index (κ2) is 7.55. The van der Waals surface area contributed by atoms with E-state index in [1.165, 1.54) is 0 Å². The highest BCUT2D eigenvalue weighted by atomic mass is 35.5. The molecule has 0 aliphatic rings. The zero-order chi connectivity index (χ0) is 15.1. The van der Waals surface area contributed by atoms with Crippen LogP contribution in [-0.2, 0) is 0 Å². The molecule has 0 saturated carbocycles. The van der Waals surface area contributed by atoms with Gasteiger partial charge in [0.05, 0.1) is 6.54 Å². The van der Waals surface area contributed by atoms with Gasteiger partial charge < -0.3 is 10.1 Å². The molecule has 2 aromatic carbocycles. The van der Waals surface area contributed by atoms with Crippen LogP contribution in [-0.4, -0.2) is 26.2 Å². The number of amides is 2. The maximum atomic E-state index is 11.9. The Balaban J connectivity index is 1.73. The fourth-order valence-corrected chi connectivity index (χ4v) is 1.87. The topological polar surface area (TPSA) is 41.6 Å². The molecule has 0 atom stereocenters. The highest BCUT2D eigenvalue weighted by Gasteiger charge is 2.09. The van der Waals surface area contributed by atoms with E-state index in [4.69, 9.17) is 16.3 Å². The summed E-state index contributed by atoms with van der Waals surface area (Å²) in [5, 5.41) is 3.47. The van der Waals surface area contributed by atoms with Crippen LogP contribution in [0.3, 0.4) is 0 Å². The van der Waals surface area contributed by atoms with E-state index in [0.29, 0.717) is 18.2 Å². The summed E-state index contributed by atoms with van der Waals surface area (Å²) >= 11 is 5.79. The van der Waals surface area contributed by atoms with Crippen LogP contribution in [0, 0.1) is 0 Å². The van der Waals surface area contributed by atoms with Crippen molar-refractivity contribution in [2.75, 3.05) is 25.1 Å². The lowest BCUT2D eigenvalue weighted by molar-refractivity contribution is 0.243. The molecule has 4 nitrogen and oxygen atoms in total. The van der Waals surface area contributed by atoms with Crippen molar-refractivity contribution < 1.29 is 9.53 Å². The monoisotopic (exact) mass is 304 g/mol. The Kier molecular flexibility index (Phi) is 5.46. The van der Waals surface area contributed by atoms with Gasteiger partial charge in [0.1, 0.15) is 12.4 Å². The first-order chi connectivity index (χ1) is 10.2. The number of hydrogen-bond donors (Lipinski definition) is 1. The summed E-state index contributed by atoms with van der Waals surface area (Å²) in [6.45, 7) is 0.828. The summed E-state index contributed by atoms with van der Waals surface area (Å²) in [5.74, 6) is 0.727. The lowest BCUT2D eigenvalue weighted by atomic mass is 10.3. The van der Waals surface area contributed by atoms with Gasteiger partial charge in [-0.2, -0.15) is 0 Å². The number of carbonyl (C=O) groups excluding carboxylic acids is 1. The first-order valence-electron chi connectivity index (χ1n) is 6.62. The molecule has 0 aromatic heterocycles. The van der Waals surface area contributed by atoms with Gasteiger partial charge in [-0.1, -0.05) is 29.8 Å². The minimum Gasteiger partial charge on any atom is -0.492 e. The van der Waals surface area contributed by atoms with Crippen LogP contribution in [0.5, 0.6) is 5.75 Å².